The molecule has 0 fully saturated rings. The van der Waals surface area contributed by atoms with Gasteiger partial charge in [-0.3, -0.25) is 9.59 Å². The minimum absolute atomic E-state index is 0.0732. The molecule has 0 aliphatic heterocycles. The van der Waals surface area contributed by atoms with Crippen LogP contribution in [0.1, 0.15) is 12.8 Å². The summed E-state index contributed by atoms with van der Waals surface area (Å²) in [6.45, 7) is 3.23. The largest absolute Gasteiger partial charge is 0.481 e. The van der Waals surface area contributed by atoms with Gasteiger partial charge < -0.3 is 15.6 Å². The number of Topliss-reactive ketones (excluding diaryl/α,β-unsaturated/α-hetero) is 1. The SMILES string of the molecule is C=CCOC(=O)C(=O)C(N)CCC(=O)O. The maximum absolute atomic E-state index is 11.1. The number of ketones is 1. The van der Waals surface area contributed by atoms with E-state index in [1.165, 1.54) is 6.08 Å². The highest BCUT2D eigenvalue weighted by Gasteiger charge is 2.23. The number of carbonyl (C=O) groups excluding carboxylic acids is 2. The van der Waals surface area contributed by atoms with Crippen molar-refractivity contribution in [3.63, 3.8) is 0 Å². The molecule has 0 saturated heterocycles. The van der Waals surface area contributed by atoms with E-state index in [4.69, 9.17) is 10.8 Å². The highest BCUT2D eigenvalue weighted by Crippen LogP contribution is 1.97. The Kier molecular flexibility index (Phi) is 5.96. The molecule has 0 amide bonds. The van der Waals surface area contributed by atoms with E-state index >= 15 is 0 Å². The Morgan fingerprint density at radius 3 is 2.53 bits per heavy atom. The van der Waals surface area contributed by atoms with Crippen LogP contribution in [-0.4, -0.2) is 35.5 Å². The van der Waals surface area contributed by atoms with Gasteiger partial charge in [0.2, 0.25) is 0 Å². The Hall–Kier alpha value is -1.69. The van der Waals surface area contributed by atoms with E-state index in [2.05, 4.69) is 11.3 Å². The molecule has 0 aromatic carbocycles. The summed E-state index contributed by atoms with van der Waals surface area (Å²) in [4.78, 5) is 32.2. The van der Waals surface area contributed by atoms with Crippen LogP contribution in [0.3, 0.4) is 0 Å². The van der Waals surface area contributed by atoms with Crippen LogP contribution in [0.5, 0.6) is 0 Å². The number of rotatable bonds is 7. The van der Waals surface area contributed by atoms with Crippen LogP contribution in [0, 0.1) is 0 Å². The van der Waals surface area contributed by atoms with Crippen LogP contribution in [0.2, 0.25) is 0 Å². The molecule has 3 N–H and O–H groups in total. The number of carbonyl (C=O) groups is 3. The third kappa shape index (κ3) is 5.58. The second-order valence-corrected chi connectivity index (χ2v) is 2.79. The Morgan fingerprint density at radius 1 is 1.47 bits per heavy atom. The van der Waals surface area contributed by atoms with Crippen molar-refractivity contribution in [3.8, 4) is 0 Å². The summed E-state index contributed by atoms with van der Waals surface area (Å²) in [5.41, 5.74) is 5.30. The molecule has 6 heteroatoms. The lowest BCUT2D eigenvalue weighted by molar-refractivity contribution is -0.153. The summed E-state index contributed by atoms with van der Waals surface area (Å²) < 4.78 is 4.45. The second kappa shape index (κ2) is 6.72. The maximum atomic E-state index is 11.1. The third-order valence-corrected chi connectivity index (χ3v) is 1.54. The van der Waals surface area contributed by atoms with Crippen LogP contribution in [-0.2, 0) is 19.1 Å². The number of hydrogen-bond acceptors (Lipinski definition) is 5. The number of esters is 1. The van der Waals surface area contributed by atoms with E-state index in [0.717, 1.165) is 0 Å². The van der Waals surface area contributed by atoms with E-state index in [-0.39, 0.29) is 19.4 Å². The predicted octanol–water partition coefficient (Wildman–Crippen LogP) is -0.523. The van der Waals surface area contributed by atoms with Gasteiger partial charge in [-0.05, 0) is 6.42 Å². The molecule has 0 radical (unpaired) electrons. The zero-order valence-electron chi connectivity index (χ0n) is 8.14. The van der Waals surface area contributed by atoms with E-state index in [1.54, 1.807) is 0 Å². The van der Waals surface area contributed by atoms with Gasteiger partial charge in [0, 0.05) is 6.42 Å². The quantitative estimate of drug-likeness (QED) is 0.336. The fourth-order valence-corrected chi connectivity index (χ4v) is 0.767. The molecule has 0 rings (SSSR count). The molecule has 0 aliphatic rings. The monoisotopic (exact) mass is 215 g/mol. The van der Waals surface area contributed by atoms with Crippen LogP contribution in [0.25, 0.3) is 0 Å². The van der Waals surface area contributed by atoms with Crippen LogP contribution in [0.4, 0.5) is 0 Å². The number of carboxylic acids is 1. The van der Waals surface area contributed by atoms with Crippen molar-refractivity contribution in [1.29, 1.82) is 0 Å². The molecular weight excluding hydrogens is 202 g/mol. The molecule has 84 valence electrons. The molecule has 1 atom stereocenters. The molecule has 6 nitrogen and oxygen atoms in total. The first kappa shape index (κ1) is 13.3. The number of hydrogen-bond donors (Lipinski definition) is 2. The van der Waals surface area contributed by atoms with Crippen molar-refractivity contribution in [3.05, 3.63) is 12.7 Å². The summed E-state index contributed by atoms with van der Waals surface area (Å²) in [7, 11) is 0. The number of carboxylic acid groups (broad SMARTS) is 1. The molecule has 0 aromatic heterocycles. The van der Waals surface area contributed by atoms with Gasteiger partial charge in [-0.25, -0.2) is 4.79 Å². The van der Waals surface area contributed by atoms with Crippen LogP contribution >= 0.6 is 0 Å². The highest BCUT2D eigenvalue weighted by atomic mass is 16.5. The minimum atomic E-state index is -1.13. The predicted molar refractivity (Wildman–Crippen MR) is 51.0 cm³/mol. The molecular formula is C9H13NO5. The van der Waals surface area contributed by atoms with Crippen molar-refractivity contribution < 1.29 is 24.2 Å². The molecule has 15 heavy (non-hydrogen) atoms. The Bertz CT molecular complexity index is 274. The van der Waals surface area contributed by atoms with Gasteiger partial charge in [-0.15, -0.1) is 0 Å². The fraction of sp³-hybridized carbons (Fsp3) is 0.444. The van der Waals surface area contributed by atoms with Crippen LogP contribution < -0.4 is 5.73 Å². The van der Waals surface area contributed by atoms with E-state index in [9.17, 15) is 14.4 Å². The van der Waals surface area contributed by atoms with Crippen molar-refractivity contribution >= 4 is 17.7 Å². The van der Waals surface area contributed by atoms with Crippen molar-refractivity contribution in [1.82, 2.24) is 0 Å². The zero-order valence-corrected chi connectivity index (χ0v) is 8.14. The first-order valence-corrected chi connectivity index (χ1v) is 4.28. The number of nitrogens with two attached hydrogens (primary N) is 1. The minimum Gasteiger partial charge on any atom is -0.481 e. The van der Waals surface area contributed by atoms with Gasteiger partial charge >= 0.3 is 11.9 Å². The van der Waals surface area contributed by atoms with Gasteiger partial charge in [0.1, 0.15) is 6.61 Å². The third-order valence-electron chi connectivity index (χ3n) is 1.54. The van der Waals surface area contributed by atoms with E-state index < -0.39 is 23.8 Å². The lowest BCUT2D eigenvalue weighted by Gasteiger charge is -2.07. The molecule has 0 saturated carbocycles. The van der Waals surface area contributed by atoms with Crippen LogP contribution in [0.15, 0.2) is 12.7 Å². The smallest absolute Gasteiger partial charge is 0.376 e. The van der Waals surface area contributed by atoms with Crippen molar-refractivity contribution in [2.24, 2.45) is 5.73 Å². The van der Waals surface area contributed by atoms with Crippen molar-refractivity contribution in [2.45, 2.75) is 18.9 Å². The van der Waals surface area contributed by atoms with Gasteiger partial charge in [-0.1, -0.05) is 12.7 Å². The number of aliphatic carboxylic acids is 1. The second-order valence-electron chi connectivity index (χ2n) is 2.79. The van der Waals surface area contributed by atoms with Gasteiger partial charge in [0.15, 0.2) is 0 Å². The Balaban J connectivity index is 4.01. The van der Waals surface area contributed by atoms with Gasteiger partial charge in [0.25, 0.3) is 5.78 Å². The lowest BCUT2D eigenvalue weighted by atomic mass is 10.1. The maximum Gasteiger partial charge on any atom is 0.376 e. The number of ether oxygens (including phenoxy) is 1. The lowest BCUT2D eigenvalue weighted by Crippen LogP contribution is -2.37. The molecule has 1 unspecified atom stereocenters. The van der Waals surface area contributed by atoms with Crippen molar-refractivity contribution in [2.75, 3.05) is 6.61 Å². The fourth-order valence-electron chi connectivity index (χ4n) is 0.767. The standard InChI is InChI=1S/C9H13NO5/c1-2-5-15-9(14)8(13)6(10)3-4-7(11)12/h2,6H,1,3-5,10H2,(H,11,12). The molecule has 0 aromatic rings. The summed E-state index contributed by atoms with van der Waals surface area (Å²) in [5.74, 6) is -3.05. The van der Waals surface area contributed by atoms with Gasteiger partial charge in [-0.2, -0.15) is 0 Å². The summed E-state index contributed by atoms with van der Waals surface area (Å²) in [6.07, 6.45) is 0.965. The Labute approximate surface area is 86.7 Å². The Morgan fingerprint density at radius 2 is 2.07 bits per heavy atom. The molecule has 0 bridgehead atoms. The average molecular weight is 215 g/mol. The molecule has 0 aliphatic carbocycles. The first-order chi connectivity index (χ1) is 6.99. The van der Waals surface area contributed by atoms with E-state index in [0.29, 0.717) is 0 Å². The zero-order chi connectivity index (χ0) is 11.8. The summed E-state index contributed by atoms with van der Waals surface area (Å²) >= 11 is 0. The van der Waals surface area contributed by atoms with E-state index in [1.807, 2.05) is 0 Å². The summed E-state index contributed by atoms with van der Waals surface area (Å²) in [5, 5.41) is 8.33. The first-order valence-electron chi connectivity index (χ1n) is 4.28. The topological polar surface area (TPSA) is 107 Å². The average Bonchev–Trinajstić information content (AvgIpc) is 2.21. The summed E-state index contributed by atoms with van der Waals surface area (Å²) in [6, 6.07) is -1.13. The molecule has 0 spiro atoms. The van der Waals surface area contributed by atoms with Gasteiger partial charge in [0.05, 0.1) is 6.04 Å². The highest BCUT2D eigenvalue weighted by molar-refractivity contribution is 6.35. The normalized spacial score (nSPS) is 11.5. The molecule has 0 heterocycles.